The van der Waals surface area contributed by atoms with Crippen LogP contribution in [-0.4, -0.2) is 10.3 Å². The molecule has 0 saturated carbocycles. The van der Waals surface area contributed by atoms with Crippen molar-refractivity contribution in [3.8, 4) is 6.07 Å². The topological polar surface area (TPSA) is 87.2 Å². The highest BCUT2D eigenvalue weighted by Gasteiger charge is 1.65. The van der Waals surface area contributed by atoms with Gasteiger partial charge < -0.3 is 5.21 Å². The molecule has 0 aromatic heterocycles. The molecule has 1 N–H and O–H groups in total. The van der Waals surface area contributed by atoms with Crippen molar-refractivity contribution in [2.24, 2.45) is 0 Å². The summed E-state index contributed by atoms with van der Waals surface area (Å²) in [5, 5.41) is 21.4. The third-order valence-electron chi connectivity index (χ3n) is 0.191. The Morgan fingerprint density at radius 1 is 2.00 bits per heavy atom. The van der Waals surface area contributed by atoms with Crippen molar-refractivity contribution >= 4 is 0 Å². The molecule has 0 aliphatic carbocycles. The standard InChI is InChI=1S/C4H5N.HNO3/c1-4(2)3-5;2-1(3)4/h1H2,2H3;(H,2,3,4). The molecule has 0 aromatic rings. The van der Waals surface area contributed by atoms with Crippen molar-refractivity contribution in [3.05, 3.63) is 22.3 Å². The summed E-state index contributed by atoms with van der Waals surface area (Å²) in [7, 11) is 0. The van der Waals surface area contributed by atoms with Gasteiger partial charge in [-0.3, -0.25) is 0 Å². The Hall–Kier alpha value is -1.57. The van der Waals surface area contributed by atoms with Crippen LogP contribution in [0.5, 0.6) is 0 Å². The van der Waals surface area contributed by atoms with Gasteiger partial charge in [0.1, 0.15) is 0 Å². The lowest BCUT2D eigenvalue weighted by molar-refractivity contribution is -0.742. The van der Waals surface area contributed by atoms with Crippen LogP contribution in [0.15, 0.2) is 12.2 Å². The van der Waals surface area contributed by atoms with Crippen LogP contribution < -0.4 is 0 Å². The van der Waals surface area contributed by atoms with Crippen LogP contribution in [0.25, 0.3) is 0 Å². The molecule has 0 aliphatic heterocycles. The molecule has 0 heterocycles. The molecule has 50 valence electrons. The predicted molar refractivity (Wildman–Crippen MR) is 29.2 cm³/mol. The van der Waals surface area contributed by atoms with Crippen LogP contribution in [0.4, 0.5) is 0 Å². The molecule has 0 spiro atoms. The zero-order chi connectivity index (χ0) is 7.86. The summed E-state index contributed by atoms with van der Waals surface area (Å²) in [5.74, 6) is 0. The Kier molecular flexibility index (Phi) is 7.44. The molecule has 5 nitrogen and oxygen atoms in total. The molecule has 0 bridgehead atoms. The molecule has 5 heteroatoms. The monoisotopic (exact) mass is 130 g/mol. The zero-order valence-corrected chi connectivity index (χ0v) is 4.87. The molecule has 0 amide bonds. The lowest BCUT2D eigenvalue weighted by Gasteiger charge is -1.61. The number of hydrogen-bond acceptors (Lipinski definition) is 3. The third-order valence-corrected chi connectivity index (χ3v) is 0.191. The van der Waals surface area contributed by atoms with Crippen LogP contribution in [0.2, 0.25) is 0 Å². The molecule has 0 saturated heterocycles. The van der Waals surface area contributed by atoms with Crippen LogP contribution in [0.3, 0.4) is 0 Å². The van der Waals surface area contributed by atoms with Gasteiger partial charge in [-0.15, -0.1) is 10.1 Å². The molecule has 0 fully saturated rings. The highest BCUT2D eigenvalue weighted by Crippen LogP contribution is 1.74. The van der Waals surface area contributed by atoms with E-state index >= 15 is 0 Å². The van der Waals surface area contributed by atoms with E-state index in [0.717, 1.165) is 0 Å². The van der Waals surface area contributed by atoms with Crippen molar-refractivity contribution in [2.75, 3.05) is 0 Å². The molecule has 0 aromatic carbocycles. The highest BCUT2D eigenvalue weighted by molar-refractivity contribution is 5.11. The summed E-state index contributed by atoms with van der Waals surface area (Å²) in [4.78, 5) is 8.36. The maximum absolute atomic E-state index is 8.36. The molecule has 0 radical (unpaired) electrons. The molecular formula is C4H6N2O3. The van der Waals surface area contributed by atoms with Gasteiger partial charge in [0, 0.05) is 5.57 Å². The minimum Gasteiger partial charge on any atom is -0.328 e. The number of nitriles is 1. The maximum atomic E-state index is 8.36. The van der Waals surface area contributed by atoms with E-state index in [9.17, 15) is 0 Å². The quantitative estimate of drug-likeness (QED) is 0.297. The molecule has 0 unspecified atom stereocenters. The Morgan fingerprint density at radius 2 is 2.11 bits per heavy atom. The zero-order valence-electron chi connectivity index (χ0n) is 4.87. The second-order valence-electron chi connectivity index (χ2n) is 1.13. The number of allylic oxidation sites excluding steroid dienone is 1. The Labute approximate surface area is 51.9 Å². The fourth-order valence-corrected chi connectivity index (χ4v) is 0. The second-order valence-corrected chi connectivity index (χ2v) is 1.13. The second kappa shape index (κ2) is 6.43. The largest absolute Gasteiger partial charge is 0.328 e. The van der Waals surface area contributed by atoms with E-state index in [1.165, 1.54) is 0 Å². The van der Waals surface area contributed by atoms with Gasteiger partial charge in [-0.1, -0.05) is 6.58 Å². The van der Waals surface area contributed by atoms with Gasteiger partial charge in [0.2, 0.25) is 0 Å². The average Bonchev–Trinajstić information content (AvgIpc) is 1.65. The van der Waals surface area contributed by atoms with Gasteiger partial charge >= 0.3 is 0 Å². The normalized spacial score (nSPS) is 5.78. The van der Waals surface area contributed by atoms with Gasteiger partial charge in [-0.2, -0.15) is 5.26 Å². The first-order valence-corrected chi connectivity index (χ1v) is 1.89. The lowest BCUT2D eigenvalue weighted by Crippen LogP contribution is -1.81. The van der Waals surface area contributed by atoms with Gasteiger partial charge in [0.25, 0.3) is 5.09 Å². The average molecular weight is 130 g/mol. The van der Waals surface area contributed by atoms with E-state index in [1.807, 2.05) is 6.07 Å². The first-order valence-electron chi connectivity index (χ1n) is 1.89. The third kappa shape index (κ3) is 682. The first-order chi connectivity index (χ1) is 4.00. The van der Waals surface area contributed by atoms with E-state index in [4.69, 9.17) is 20.6 Å². The van der Waals surface area contributed by atoms with Crippen molar-refractivity contribution in [2.45, 2.75) is 6.92 Å². The minimum absolute atomic E-state index is 0.560. The van der Waals surface area contributed by atoms with E-state index in [1.54, 1.807) is 6.92 Å². The summed E-state index contributed by atoms with van der Waals surface area (Å²) in [6.45, 7) is 4.98. The van der Waals surface area contributed by atoms with Crippen molar-refractivity contribution < 1.29 is 10.3 Å². The van der Waals surface area contributed by atoms with Crippen LogP contribution in [0.1, 0.15) is 6.92 Å². The number of rotatable bonds is 0. The van der Waals surface area contributed by atoms with Crippen LogP contribution in [-0.2, 0) is 0 Å². The van der Waals surface area contributed by atoms with Crippen molar-refractivity contribution in [1.82, 2.24) is 0 Å². The van der Waals surface area contributed by atoms with Crippen LogP contribution >= 0.6 is 0 Å². The highest BCUT2D eigenvalue weighted by atomic mass is 16.9. The van der Waals surface area contributed by atoms with Crippen molar-refractivity contribution in [3.63, 3.8) is 0 Å². The maximum Gasteiger partial charge on any atom is 0.291 e. The summed E-state index contributed by atoms with van der Waals surface area (Å²) in [6.07, 6.45) is 0. The summed E-state index contributed by atoms with van der Waals surface area (Å²) in [5.41, 5.74) is 0.560. The first kappa shape index (κ1) is 10.4. The minimum atomic E-state index is -1.50. The smallest absolute Gasteiger partial charge is 0.291 e. The van der Waals surface area contributed by atoms with Gasteiger partial charge in [0.15, 0.2) is 0 Å². The molecular weight excluding hydrogens is 124 g/mol. The van der Waals surface area contributed by atoms with Gasteiger partial charge in [-0.05, 0) is 6.92 Å². The molecule has 9 heavy (non-hydrogen) atoms. The summed E-state index contributed by atoms with van der Waals surface area (Å²) < 4.78 is 0. The predicted octanol–water partition coefficient (Wildman–Crippen LogP) is 0.738. The Morgan fingerprint density at radius 3 is 2.11 bits per heavy atom. The molecule has 0 aliphatic rings. The van der Waals surface area contributed by atoms with E-state index in [2.05, 4.69) is 6.58 Å². The molecule has 0 rings (SSSR count). The van der Waals surface area contributed by atoms with Gasteiger partial charge in [-0.25, -0.2) is 0 Å². The van der Waals surface area contributed by atoms with E-state index in [-0.39, 0.29) is 0 Å². The fraction of sp³-hybridized carbons (Fsp3) is 0.250. The summed E-state index contributed by atoms with van der Waals surface area (Å²) in [6, 6.07) is 1.83. The number of nitrogens with zero attached hydrogens (tertiary/aromatic N) is 2. The van der Waals surface area contributed by atoms with E-state index < -0.39 is 5.09 Å². The van der Waals surface area contributed by atoms with E-state index in [0.29, 0.717) is 5.57 Å². The Bertz CT molecular complexity index is 142. The lowest BCUT2D eigenvalue weighted by atomic mass is 10.4. The molecule has 0 atom stereocenters. The van der Waals surface area contributed by atoms with Gasteiger partial charge in [0.05, 0.1) is 6.07 Å². The van der Waals surface area contributed by atoms with Crippen LogP contribution in [0, 0.1) is 21.4 Å². The Balaban J connectivity index is 0. The van der Waals surface area contributed by atoms with Crippen molar-refractivity contribution in [1.29, 1.82) is 5.26 Å². The summed E-state index contributed by atoms with van der Waals surface area (Å²) >= 11 is 0. The number of hydrogen-bond donors (Lipinski definition) is 1. The fourth-order valence-electron chi connectivity index (χ4n) is 0. The SMILES string of the molecule is C=C(C)C#N.O=[N+]([O-])O.